The van der Waals surface area contributed by atoms with Gasteiger partial charge in [0, 0.05) is 69.9 Å². The number of piperazine rings is 1. The third-order valence-corrected chi connectivity index (χ3v) is 6.40. The normalized spacial score (nSPS) is 20.6. The van der Waals surface area contributed by atoms with Gasteiger partial charge in [-0.05, 0) is 38.0 Å². The van der Waals surface area contributed by atoms with Crippen molar-refractivity contribution in [2.24, 2.45) is 0 Å². The van der Waals surface area contributed by atoms with E-state index in [0.29, 0.717) is 6.04 Å². The highest BCUT2D eigenvalue weighted by Gasteiger charge is 2.18. The van der Waals surface area contributed by atoms with Crippen LogP contribution in [0.5, 0.6) is 5.75 Å². The van der Waals surface area contributed by atoms with Gasteiger partial charge in [0.25, 0.3) is 0 Å². The van der Waals surface area contributed by atoms with Crippen LogP contribution in [0.3, 0.4) is 0 Å². The number of nitrogens with zero attached hydrogens (tertiary/aromatic N) is 3. The molecular weight excluding hydrogens is 342 g/mol. The fraction of sp³-hybridized carbons (Fsp3) is 0.714. The molecular formula is C21H35N3OS. The van der Waals surface area contributed by atoms with Crippen molar-refractivity contribution in [2.45, 2.75) is 32.9 Å². The maximum Gasteiger partial charge on any atom is 0.119 e. The summed E-state index contributed by atoms with van der Waals surface area (Å²) >= 11 is 2.07. The van der Waals surface area contributed by atoms with Crippen molar-refractivity contribution in [1.82, 2.24) is 14.7 Å². The van der Waals surface area contributed by atoms with Gasteiger partial charge < -0.3 is 9.64 Å². The zero-order valence-electron chi connectivity index (χ0n) is 16.5. The average Bonchev–Trinajstić information content (AvgIpc) is 2.68. The maximum absolute atomic E-state index is 5.93. The average molecular weight is 378 g/mol. The molecule has 1 aromatic carbocycles. The van der Waals surface area contributed by atoms with Crippen molar-refractivity contribution in [3.63, 3.8) is 0 Å². The first-order valence-corrected chi connectivity index (χ1v) is 11.3. The van der Waals surface area contributed by atoms with Crippen LogP contribution < -0.4 is 4.74 Å². The molecule has 3 rings (SSSR count). The smallest absolute Gasteiger partial charge is 0.119 e. The molecule has 1 aromatic rings. The lowest BCUT2D eigenvalue weighted by Gasteiger charge is -2.36. The summed E-state index contributed by atoms with van der Waals surface area (Å²) in [5.41, 5.74) is 1.39. The van der Waals surface area contributed by atoms with Gasteiger partial charge in [0.1, 0.15) is 5.75 Å². The third-order valence-electron chi connectivity index (χ3n) is 5.46. The van der Waals surface area contributed by atoms with Crippen LogP contribution in [0.1, 0.15) is 25.8 Å². The predicted molar refractivity (Wildman–Crippen MR) is 112 cm³/mol. The molecule has 26 heavy (non-hydrogen) atoms. The van der Waals surface area contributed by atoms with Gasteiger partial charge in [-0.3, -0.25) is 9.80 Å². The van der Waals surface area contributed by atoms with Crippen molar-refractivity contribution < 1.29 is 4.74 Å². The Labute approximate surface area is 163 Å². The molecule has 0 spiro atoms. The van der Waals surface area contributed by atoms with E-state index >= 15 is 0 Å². The van der Waals surface area contributed by atoms with Gasteiger partial charge in [0.2, 0.25) is 0 Å². The molecule has 2 fully saturated rings. The van der Waals surface area contributed by atoms with Gasteiger partial charge in [-0.2, -0.15) is 11.8 Å². The van der Waals surface area contributed by atoms with E-state index in [-0.39, 0.29) is 0 Å². The Balaban J connectivity index is 1.33. The second-order valence-corrected chi connectivity index (χ2v) is 8.93. The van der Waals surface area contributed by atoms with Crippen LogP contribution in [0.15, 0.2) is 24.3 Å². The largest absolute Gasteiger partial charge is 0.494 e. The molecule has 0 atom stereocenters. The van der Waals surface area contributed by atoms with Gasteiger partial charge in [-0.15, -0.1) is 0 Å². The summed E-state index contributed by atoms with van der Waals surface area (Å²) in [7, 11) is 0. The van der Waals surface area contributed by atoms with Gasteiger partial charge >= 0.3 is 0 Å². The Morgan fingerprint density at radius 2 is 1.62 bits per heavy atom. The highest BCUT2D eigenvalue weighted by atomic mass is 32.2. The van der Waals surface area contributed by atoms with Crippen molar-refractivity contribution in [2.75, 3.05) is 63.9 Å². The minimum absolute atomic E-state index is 0.669. The van der Waals surface area contributed by atoms with Gasteiger partial charge in [0.15, 0.2) is 0 Å². The monoisotopic (exact) mass is 377 g/mol. The first-order chi connectivity index (χ1) is 12.7. The lowest BCUT2D eigenvalue weighted by Crippen LogP contribution is -2.48. The Bertz CT molecular complexity index is 508. The van der Waals surface area contributed by atoms with E-state index in [0.717, 1.165) is 25.3 Å². The lowest BCUT2D eigenvalue weighted by atomic mass is 10.2. The van der Waals surface area contributed by atoms with E-state index in [1.807, 2.05) is 0 Å². The highest BCUT2D eigenvalue weighted by molar-refractivity contribution is 7.99. The summed E-state index contributed by atoms with van der Waals surface area (Å²) in [5.74, 6) is 3.58. The Morgan fingerprint density at radius 3 is 2.27 bits per heavy atom. The van der Waals surface area contributed by atoms with Crippen molar-refractivity contribution in [1.29, 1.82) is 0 Å². The minimum atomic E-state index is 0.669. The zero-order chi connectivity index (χ0) is 18.2. The molecule has 0 amide bonds. The SMILES string of the molecule is CC(C)N1CCN(Cc2ccc(OCCCN3CCSCC3)cc2)CC1. The van der Waals surface area contributed by atoms with Crippen LogP contribution in [-0.4, -0.2) is 84.7 Å². The fourth-order valence-electron chi connectivity index (χ4n) is 3.69. The van der Waals surface area contributed by atoms with E-state index in [1.165, 1.54) is 62.9 Å². The van der Waals surface area contributed by atoms with Crippen LogP contribution in [0.25, 0.3) is 0 Å². The van der Waals surface area contributed by atoms with Crippen molar-refractivity contribution >= 4 is 11.8 Å². The molecule has 5 heteroatoms. The van der Waals surface area contributed by atoms with Crippen LogP contribution in [0.2, 0.25) is 0 Å². The molecule has 2 saturated heterocycles. The Morgan fingerprint density at radius 1 is 0.923 bits per heavy atom. The standard InChI is InChI=1S/C21H35N3OS/c1-19(2)24-11-9-23(10-12-24)18-20-4-6-21(7-5-20)25-15-3-8-22-13-16-26-17-14-22/h4-7,19H,3,8-18H2,1-2H3. The quantitative estimate of drug-likeness (QED) is 0.647. The topological polar surface area (TPSA) is 19.0 Å². The van der Waals surface area contributed by atoms with Crippen LogP contribution >= 0.6 is 11.8 Å². The zero-order valence-corrected chi connectivity index (χ0v) is 17.3. The summed E-state index contributed by atoms with van der Waals surface area (Å²) in [6.45, 7) is 14.8. The molecule has 0 aromatic heterocycles. The molecule has 146 valence electrons. The van der Waals surface area contributed by atoms with Gasteiger partial charge in [-0.25, -0.2) is 0 Å². The molecule has 0 unspecified atom stereocenters. The van der Waals surface area contributed by atoms with Gasteiger partial charge in [0.05, 0.1) is 6.61 Å². The molecule has 0 radical (unpaired) electrons. The maximum atomic E-state index is 5.93. The number of hydrogen-bond acceptors (Lipinski definition) is 5. The number of rotatable bonds is 8. The molecule has 2 aliphatic rings. The number of hydrogen-bond donors (Lipinski definition) is 0. The molecule has 4 nitrogen and oxygen atoms in total. The Kier molecular flexibility index (Phi) is 8.11. The predicted octanol–water partition coefficient (Wildman–Crippen LogP) is 3.03. The molecule has 2 aliphatic heterocycles. The van der Waals surface area contributed by atoms with E-state index < -0.39 is 0 Å². The number of benzene rings is 1. The summed E-state index contributed by atoms with van der Waals surface area (Å²) in [5, 5.41) is 0. The first-order valence-electron chi connectivity index (χ1n) is 10.2. The second kappa shape index (κ2) is 10.5. The van der Waals surface area contributed by atoms with E-state index in [2.05, 4.69) is 64.6 Å². The van der Waals surface area contributed by atoms with E-state index in [9.17, 15) is 0 Å². The van der Waals surface area contributed by atoms with Crippen molar-refractivity contribution in [3.05, 3.63) is 29.8 Å². The van der Waals surface area contributed by atoms with Gasteiger partial charge in [-0.1, -0.05) is 12.1 Å². The molecule has 0 aliphatic carbocycles. The van der Waals surface area contributed by atoms with E-state index in [4.69, 9.17) is 4.74 Å². The highest BCUT2D eigenvalue weighted by Crippen LogP contribution is 2.16. The van der Waals surface area contributed by atoms with Crippen LogP contribution in [0.4, 0.5) is 0 Å². The summed E-state index contributed by atoms with van der Waals surface area (Å²) in [6.07, 6.45) is 1.12. The lowest BCUT2D eigenvalue weighted by molar-refractivity contribution is 0.104. The molecule has 2 heterocycles. The fourth-order valence-corrected chi connectivity index (χ4v) is 4.67. The first kappa shape index (κ1) is 20.0. The Hall–Kier alpha value is -0.750. The third kappa shape index (κ3) is 6.45. The minimum Gasteiger partial charge on any atom is -0.494 e. The summed E-state index contributed by atoms with van der Waals surface area (Å²) in [6, 6.07) is 9.40. The summed E-state index contributed by atoms with van der Waals surface area (Å²) in [4.78, 5) is 7.68. The van der Waals surface area contributed by atoms with Crippen molar-refractivity contribution in [3.8, 4) is 5.75 Å². The van der Waals surface area contributed by atoms with Crippen LogP contribution in [-0.2, 0) is 6.54 Å². The molecule has 0 bridgehead atoms. The number of ether oxygens (including phenoxy) is 1. The molecule has 0 saturated carbocycles. The summed E-state index contributed by atoms with van der Waals surface area (Å²) < 4.78 is 5.93. The molecule has 0 N–H and O–H groups in total. The van der Waals surface area contributed by atoms with E-state index in [1.54, 1.807) is 0 Å². The van der Waals surface area contributed by atoms with Crippen LogP contribution in [0, 0.1) is 0 Å². The number of thioether (sulfide) groups is 1. The second-order valence-electron chi connectivity index (χ2n) is 7.71.